The molecule has 0 radical (unpaired) electrons. The fourth-order valence-electron chi connectivity index (χ4n) is 3.37. The molecule has 0 saturated carbocycles. The van der Waals surface area contributed by atoms with Gasteiger partial charge in [0.1, 0.15) is 23.7 Å². The number of hydrogen-bond donors (Lipinski definition) is 1. The fraction of sp³-hybridized carbons (Fsp3) is 0.409. The lowest BCUT2D eigenvalue weighted by Gasteiger charge is -2.35. The Bertz CT molecular complexity index is 869. The van der Waals surface area contributed by atoms with Crippen molar-refractivity contribution >= 4 is 5.97 Å². The van der Waals surface area contributed by atoms with E-state index in [0.29, 0.717) is 23.3 Å². The zero-order chi connectivity index (χ0) is 19.8. The summed E-state index contributed by atoms with van der Waals surface area (Å²) in [7, 11) is 1.62. The molecule has 0 aliphatic carbocycles. The lowest BCUT2D eigenvalue weighted by Crippen LogP contribution is -2.34. The van der Waals surface area contributed by atoms with Crippen LogP contribution < -0.4 is 9.47 Å². The number of fused-ring (bicyclic) bond motifs is 1. The Labute approximate surface area is 159 Å². The second kappa shape index (κ2) is 7.24. The number of benzene rings is 2. The molecule has 0 aromatic heterocycles. The van der Waals surface area contributed by atoms with Crippen molar-refractivity contribution in [1.82, 2.24) is 0 Å². The van der Waals surface area contributed by atoms with Crippen molar-refractivity contribution in [2.24, 2.45) is 0 Å². The molecule has 1 unspecified atom stereocenters. The molecule has 1 atom stereocenters. The van der Waals surface area contributed by atoms with Crippen LogP contribution in [-0.4, -0.2) is 23.8 Å². The lowest BCUT2D eigenvalue weighted by molar-refractivity contribution is 0.0114. The number of aryl methyl sites for hydroxylation is 1. The van der Waals surface area contributed by atoms with Crippen molar-refractivity contribution in [3.05, 3.63) is 58.1 Å². The standard InChI is InChI=1S/C22H26O5/c1-13-8-15(9-20(25-5)14(13)2)12-26-21(24)16-6-7-19-17(10-16)18(23)11-22(3,4)27-19/h6-10,18,23H,11-12H2,1-5H3. The van der Waals surface area contributed by atoms with E-state index in [2.05, 4.69) is 0 Å². The van der Waals surface area contributed by atoms with Crippen molar-refractivity contribution in [2.45, 2.75) is 52.4 Å². The zero-order valence-corrected chi connectivity index (χ0v) is 16.5. The van der Waals surface area contributed by atoms with E-state index < -0.39 is 17.7 Å². The van der Waals surface area contributed by atoms with Gasteiger partial charge in [0.05, 0.1) is 18.8 Å². The maximum atomic E-state index is 12.5. The maximum Gasteiger partial charge on any atom is 0.338 e. The van der Waals surface area contributed by atoms with Crippen molar-refractivity contribution in [3.8, 4) is 11.5 Å². The predicted molar refractivity (Wildman–Crippen MR) is 102 cm³/mol. The smallest absolute Gasteiger partial charge is 0.338 e. The largest absolute Gasteiger partial charge is 0.496 e. The highest BCUT2D eigenvalue weighted by molar-refractivity contribution is 5.90. The Balaban J connectivity index is 1.74. The van der Waals surface area contributed by atoms with Crippen LogP contribution in [0.5, 0.6) is 11.5 Å². The van der Waals surface area contributed by atoms with Crippen LogP contribution in [0.2, 0.25) is 0 Å². The first kappa shape index (κ1) is 19.2. The third kappa shape index (κ3) is 4.08. The topological polar surface area (TPSA) is 65.0 Å². The van der Waals surface area contributed by atoms with Crippen molar-refractivity contribution in [3.63, 3.8) is 0 Å². The van der Waals surface area contributed by atoms with E-state index in [9.17, 15) is 9.90 Å². The number of aliphatic hydroxyl groups is 1. The van der Waals surface area contributed by atoms with E-state index in [1.807, 2.05) is 39.8 Å². The molecule has 0 spiro atoms. The highest BCUT2D eigenvalue weighted by atomic mass is 16.5. The highest BCUT2D eigenvalue weighted by Gasteiger charge is 2.33. The molecule has 1 aliphatic heterocycles. The normalized spacial score (nSPS) is 17.6. The number of esters is 1. The van der Waals surface area contributed by atoms with Gasteiger partial charge in [0.15, 0.2) is 0 Å². The first-order chi connectivity index (χ1) is 12.7. The molecule has 0 amide bonds. The minimum atomic E-state index is -0.666. The van der Waals surface area contributed by atoms with E-state index >= 15 is 0 Å². The van der Waals surface area contributed by atoms with Crippen LogP contribution in [0.25, 0.3) is 0 Å². The average Bonchev–Trinajstić information content (AvgIpc) is 2.61. The van der Waals surface area contributed by atoms with Gasteiger partial charge in [0.2, 0.25) is 0 Å². The minimum absolute atomic E-state index is 0.152. The molecule has 5 heteroatoms. The SMILES string of the molecule is COc1cc(COC(=O)c2ccc3c(c2)C(O)CC(C)(C)O3)cc(C)c1C. The molecule has 0 bridgehead atoms. The number of ether oxygens (including phenoxy) is 3. The van der Waals surface area contributed by atoms with Gasteiger partial charge >= 0.3 is 5.97 Å². The van der Waals surface area contributed by atoms with Gasteiger partial charge in [-0.05, 0) is 68.7 Å². The molecule has 27 heavy (non-hydrogen) atoms. The first-order valence-corrected chi connectivity index (χ1v) is 9.02. The number of hydrogen-bond acceptors (Lipinski definition) is 5. The molecule has 2 aromatic carbocycles. The lowest BCUT2D eigenvalue weighted by atomic mass is 9.91. The molecule has 1 aliphatic rings. The molecular formula is C22H26O5. The van der Waals surface area contributed by atoms with Crippen molar-refractivity contribution in [2.75, 3.05) is 7.11 Å². The van der Waals surface area contributed by atoms with Crippen molar-refractivity contribution in [1.29, 1.82) is 0 Å². The van der Waals surface area contributed by atoms with Crippen LogP contribution >= 0.6 is 0 Å². The summed E-state index contributed by atoms with van der Waals surface area (Å²) < 4.78 is 16.7. The van der Waals surface area contributed by atoms with Gasteiger partial charge in [-0.3, -0.25) is 0 Å². The second-order valence-electron chi connectivity index (χ2n) is 7.65. The van der Waals surface area contributed by atoms with Crippen LogP contribution in [0.1, 0.15) is 59.0 Å². The summed E-state index contributed by atoms with van der Waals surface area (Å²) in [4.78, 5) is 12.5. The van der Waals surface area contributed by atoms with Crippen LogP contribution in [0.15, 0.2) is 30.3 Å². The molecule has 3 rings (SSSR count). The zero-order valence-electron chi connectivity index (χ0n) is 16.5. The summed E-state index contributed by atoms with van der Waals surface area (Å²) in [6.45, 7) is 8.00. The summed E-state index contributed by atoms with van der Waals surface area (Å²) in [5, 5.41) is 10.4. The number of carbonyl (C=O) groups is 1. The van der Waals surface area contributed by atoms with Gasteiger partial charge in [-0.2, -0.15) is 0 Å². The van der Waals surface area contributed by atoms with Crippen LogP contribution in [0.4, 0.5) is 0 Å². The number of aliphatic hydroxyl groups excluding tert-OH is 1. The summed E-state index contributed by atoms with van der Waals surface area (Å²) in [5.41, 5.74) is 3.60. The van der Waals surface area contributed by atoms with E-state index in [0.717, 1.165) is 22.4 Å². The summed E-state index contributed by atoms with van der Waals surface area (Å²) in [6.07, 6.45) is -0.193. The molecule has 2 aromatic rings. The third-order valence-electron chi connectivity index (χ3n) is 4.95. The summed E-state index contributed by atoms with van der Waals surface area (Å²) in [6, 6.07) is 8.89. The number of methoxy groups -OCH3 is 1. The fourth-order valence-corrected chi connectivity index (χ4v) is 3.37. The Hall–Kier alpha value is -2.53. The first-order valence-electron chi connectivity index (χ1n) is 9.02. The Morgan fingerprint density at radius 3 is 2.70 bits per heavy atom. The quantitative estimate of drug-likeness (QED) is 0.815. The number of rotatable bonds is 4. The van der Waals surface area contributed by atoms with Gasteiger partial charge in [-0.1, -0.05) is 6.07 Å². The van der Waals surface area contributed by atoms with Gasteiger partial charge in [0.25, 0.3) is 0 Å². The number of carbonyl (C=O) groups excluding carboxylic acids is 1. The van der Waals surface area contributed by atoms with Crippen LogP contribution in [0, 0.1) is 13.8 Å². The monoisotopic (exact) mass is 370 g/mol. The molecule has 0 saturated heterocycles. The molecule has 1 heterocycles. The maximum absolute atomic E-state index is 12.5. The van der Waals surface area contributed by atoms with E-state index in [1.54, 1.807) is 25.3 Å². The minimum Gasteiger partial charge on any atom is -0.496 e. The molecule has 0 fully saturated rings. The Kier molecular flexibility index (Phi) is 5.16. The van der Waals surface area contributed by atoms with Gasteiger partial charge in [0, 0.05) is 12.0 Å². The van der Waals surface area contributed by atoms with E-state index in [-0.39, 0.29) is 6.61 Å². The summed E-state index contributed by atoms with van der Waals surface area (Å²) in [5.74, 6) is 0.943. The second-order valence-corrected chi connectivity index (χ2v) is 7.65. The summed E-state index contributed by atoms with van der Waals surface area (Å²) >= 11 is 0. The molecule has 1 N–H and O–H groups in total. The predicted octanol–water partition coefficient (Wildman–Crippen LogP) is 4.26. The Morgan fingerprint density at radius 1 is 1.26 bits per heavy atom. The highest BCUT2D eigenvalue weighted by Crippen LogP contribution is 2.39. The van der Waals surface area contributed by atoms with Gasteiger partial charge in [-0.25, -0.2) is 4.79 Å². The third-order valence-corrected chi connectivity index (χ3v) is 4.95. The van der Waals surface area contributed by atoms with Gasteiger partial charge in [-0.15, -0.1) is 0 Å². The molecular weight excluding hydrogens is 344 g/mol. The molecule has 144 valence electrons. The average molecular weight is 370 g/mol. The molecule has 5 nitrogen and oxygen atoms in total. The Morgan fingerprint density at radius 2 is 2.00 bits per heavy atom. The van der Waals surface area contributed by atoms with Crippen LogP contribution in [0.3, 0.4) is 0 Å². The van der Waals surface area contributed by atoms with Crippen molar-refractivity contribution < 1.29 is 24.1 Å². The van der Waals surface area contributed by atoms with Crippen LogP contribution in [-0.2, 0) is 11.3 Å². The van der Waals surface area contributed by atoms with E-state index in [1.165, 1.54) is 0 Å². The van der Waals surface area contributed by atoms with Gasteiger partial charge < -0.3 is 19.3 Å². The van der Waals surface area contributed by atoms with E-state index in [4.69, 9.17) is 14.2 Å².